The molecule has 0 atom stereocenters. The Hall–Kier alpha value is -4.19. The van der Waals surface area contributed by atoms with Crippen LogP contribution in [0.1, 0.15) is 21.6 Å². The van der Waals surface area contributed by atoms with Crippen molar-refractivity contribution in [3.63, 3.8) is 0 Å². The standard InChI is InChI=1S/C25H21N3O3/c29-23(22-12-7-15-26-22)18-31-24(30)14-13-21-17-28(16-19-8-3-1-4-9-19)27-25(21)20-10-5-2-6-11-20/h1-15,17,26H,16,18H2/b14-13+. The molecule has 0 radical (unpaired) electrons. The summed E-state index contributed by atoms with van der Waals surface area (Å²) in [5.41, 5.74) is 4.04. The van der Waals surface area contributed by atoms with Gasteiger partial charge in [0.1, 0.15) is 0 Å². The number of carbonyl (C=O) groups excluding carboxylic acids is 2. The molecule has 4 aromatic rings. The lowest BCUT2D eigenvalue weighted by molar-refractivity contribution is -0.136. The van der Waals surface area contributed by atoms with Crippen molar-refractivity contribution in [1.82, 2.24) is 14.8 Å². The summed E-state index contributed by atoms with van der Waals surface area (Å²) in [4.78, 5) is 26.9. The number of aromatic amines is 1. The maximum absolute atomic E-state index is 12.1. The Kier molecular flexibility index (Phi) is 6.18. The molecule has 0 bridgehead atoms. The van der Waals surface area contributed by atoms with Crippen molar-refractivity contribution < 1.29 is 14.3 Å². The lowest BCUT2D eigenvalue weighted by Gasteiger charge is -2.01. The maximum Gasteiger partial charge on any atom is 0.331 e. The van der Waals surface area contributed by atoms with Gasteiger partial charge in [0.05, 0.1) is 17.9 Å². The summed E-state index contributed by atoms with van der Waals surface area (Å²) in [7, 11) is 0. The van der Waals surface area contributed by atoms with Crippen molar-refractivity contribution in [2.45, 2.75) is 6.54 Å². The molecule has 1 N–H and O–H groups in total. The van der Waals surface area contributed by atoms with Gasteiger partial charge in [-0.15, -0.1) is 0 Å². The lowest BCUT2D eigenvalue weighted by atomic mass is 10.1. The normalized spacial score (nSPS) is 11.0. The second-order valence-corrected chi connectivity index (χ2v) is 6.93. The Morgan fingerprint density at radius 1 is 0.968 bits per heavy atom. The minimum absolute atomic E-state index is 0.285. The summed E-state index contributed by atoms with van der Waals surface area (Å²) in [5, 5.41) is 4.72. The van der Waals surface area contributed by atoms with Gasteiger partial charge in [-0.2, -0.15) is 5.10 Å². The van der Waals surface area contributed by atoms with Crippen molar-refractivity contribution in [2.24, 2.45) is 0 Å². The largest absolute Gasteiger partial charge is 0.454 e. The average molecular weight is 411 g/mol. The molecule has 0 saturated carbocycles. The number of nitrogens with one attached hydrogen (secondary N) is 1. The van der Waals surface area contributed by atoms with Crippen LogP contribution in [-0.4, -0.2) is 33.1 Å². The van der Waals surface area contributed by atoms with Crippen LogP contribution in [-0.2, 0) is 16.1 Å². The number of nitrogens with zero attached hydrogens (tertiary/aromatic N) is 2. The van der Waals surface area contributed by atoms with Gasteiger partial charge in [0.15, 0.2) is 6.61 Å². The van der Waals surface area contributed by atoms with Gasteiger partial charge in [0, 0.05) is 29.6 Å². The van der Waals surface area contributed by atoms with Crippen molar-refractivity contribution >= 4 is 17.8 Å². The number of carbonyl (C=O) groups is 2. The Morgan fingerprint density at radius 2 is 1.71 bits per heavy atom. The van der Waals surface area contributed by atoms with E-state index in [0.717, 1.165) is 22.4 Å². The van der Waals surface area contributed by atoms with E-state index in [1.54, 1.807) is 24.4 Å². The fourth-order valence-corrected chi connectivity index (χ4v) is 3.15. The van der Waals surface area contributed by atoms with E-state index < -0.39 is 5.97 Å². The molecule has 2 heterocycles. The van der Waals surface area contributed by atoms with Gasteiger partial charge in [-0.3, -0.25) is 9.48 Å². The van der Waals surface area contributed by atoms with Crippen LogP contribution in [0, 0.1) is 0 Å². The number of rotatable bonds is 8. The minimum Gasteiger partial charge on any atom is -0.454 e. The Morgan fingerprint density at radius 3 is 2.42 bits per heavy atom. The fraction of sp³-hybridized carbons (Fsp3) is 0.0800. The van der Waals surface area contributed by atoms with Crippen molar-refractivity contribution in [1.29, 1.82) is 0 Å². The van der Waals surface area contributed by atoms with Crippen LogP contribution in [0.2, 0.25) is 0 Å². The molecule has 2 aromatic carbocycles. The molecule has 0 fully saturated rings. The van der Waals surface area contributed by atoms with Crippen LogP contribution in [0.15, 0.2) is 91.3 Å². The number of aromatic nitrogens is 3. The molecule has 31 heavy (non-hydrogen) atoms. The molecule has 0 aliphatic rings. The van der Waals surface area contributed by atoms with Gasteiger partial charge < -0.3 is 9.72 Å². The number of hydrogen-bond acceptors (Lipinski definition) is 4. The Labute approximate surface area is 179 Å². The van der Waals surface area contributed by atoms with Crippen LogP contribution in [0.4, 0.5) is 0 Å². The summed E-state index contributed by atoms with van der Waals surface area (Å²) in [5.74, 6) is -0.873. The number of hydrogen-bond donors (Lipinski definition) is 1. The number of esters is 1. The second kappa shape index (κ2) is 9.54. The van der Waals surface area contributed by atoms with Crippen molar-refractivity contribution in [3.05, 3.63) is 108 Å². The number of ketones is 1. The van der Waals surface area contributed by atoms with Gasteiger partial charge in [-0.25, -0.2) is 4.79 Å². The summed E-state index contributed by atoms with van der Waals surface area (Å²) < 4.78 is 6.92. The number of benzene rings is 2. The molecule has 2 aromatic heterocycles. The zero-order valence-electron chi connectivity index (χ0n) is 16.8. The highest BCUT2D eigenvalue weighted by Gasteiger charge is 2.12. The molecule has 0 unspecified atom stereocenters. The SMILES string of the molecule is O=C(/C=C/c1cn(Cc2ccccc2)nc1-c1ccccc1)OCC(=O)c1ccc[nH]1. The van der Waals surface area contributed by atoms with E-state index in [1.165, 1.54) is 6.08 Å². The summed E-state index contributed by atoms with van der Waals surface area (Å²) in [6, 6.07) is 23.2. The van der Waals surface area contributed by atoms with Crippen molar-refractivity contribution in [2.75, 3.05) is 6.61 Å². The predicted octanol–water partition coefficient (Wildman–Crippen LogP) is 4.37. The van der Waals surface area contributed by atoms with E-state index in [2.05, 4.69) is 4.98 Å². The molecular formula is C25H21N3O3. The molecular weight excluding hydrogens is 390 g/mol. The molecule has 154 valence electrons. The first-order valence-corrected chi connectivity index (χ1v) is 9.87. The third-order valence-corrected chi connectivity index (χ3v) is 4.67. The van der Waals surface area contributed by atoms with Gasteiger partial charge in [-0.1, -0.05) is 60.7 Å². The molecule has 0 aliphatic heterocycles. The number of ether oxygens (including phenoxy) is 1. The smallest absolute Gasteiger partial charge is 0.331 e. The van der Waals surface area contributed by atoms with E-state index in [0.29, 0.717) is 12.2 Å². The van der Waals surface area contributed by atoms with E-state index in [-0.39, 0.29) is 12.4 Å². The summed E-state index contributed by atoms with van der Waals surface area (Å²) in [6.07, 6.45) is 6.52. The van der Waals surface area contributed by atoms with Gasteiger partial charge in [0.2, 0.25) is 5.78 Å². The minimum atomic E-state index is -0.588. The first-order chi connectivity index (χ1) is 15.2. The Balaban J connectivity index is 1.50. The topological polar surface area (TPSA) is 77.0 Å². The first kappa shape index (κ1) is 20.1. The van der Waals surface area contributed by atoms with E-state index in [1.807, 2.05) is 71.5 Å². The lowest BCUT2D eigenvalue weighted by Crippen LogP contribution is -2.12. The van der Waals surface area contributed by atoms with Crippen LogP contribution < -0.4 is 0 Å². The number of H-pyrrole nitrogens is 1. The van der Waals surface area contributed by atoms with Crippen LogP contribution >= 0.6 is 0 Å². The predicted molar refractivity (Wildman–Crippen MR) is 118 cm³/mol. The van der Waals surface area contributed by atoms with Gasteiger partial charge in [0.25, 0.3) is 0 Å². The fourth-order valence-electron chi connectivity index (χ4n) is 3.15. The van der Waals surface area contributed by atoms with Crippen LogP contribution in [0.25, 0.3) is 17.3 Å². The summed E-state index contributed by atoms with van der Waals surface area (Å²) >= 11 is 0. The molecule has 4 rings (SSSR count). The Bertz CT molecular complexity index is 1180. The van der Waals surface area contributed by atoms with Gasteiger partial charge in [-0.05, 0) is 23.8 Å². The molecule has 0 saturated heterocycles. The quantitative estimate of drug-likeness (QED) is 0.265. The van der Waals surface area contributed by atoms with Gasteiger partial charge >= 0.3 is 5.97 Å². The van der Waals surface area contributed by atoms with E-state index >= 15 is 0 Å². The second-order valence-electron chi connectivity index (χ2n) is 6.93. The van der Waals surface area contributed by atoms with Crippen LogP contribution in [0.5, 0.6) is 0 Å². The molecule has 0 spiro atoms. The van der Waals surface area contributed by atoms with E-state index in [4.69, 9.17) is 9.84 Å². The highest BCUT2D eigenvalue weighted by Crippen LogP contribution is 2.23. The number of Topliss-reactive ketones (excluding diaryl/α,β-unsaturated/α-hetero) is 1. The molecule has 6 nitrogen and oxygen atoms in total. The monoisotopic (exact) mass is 411 g/mol. The third kappa shape index (κ3) is 5.25. The highest BCUT2D eigenvalue weighted by atomic mass is 16.5. The summed E-state index contributed by atoms with van der Waals surface area (Å²) in [6.45, 7) is 0.298. The zero-order valence-corrected chi connectivity index (χ0v) is 16.8. The van der Waals surface area contributed by atoms with Crippen LogP contribution in [0.3, 0.4) is 0 Å². The maximum atomic E-state index is 12.1. The molecule has 6 heteroatoms. The zero-order chi connectivity index (χ0) is 21.5. The molecule has 0 amide bonds. The highest BCUT2D eigenvalue weighted by molar-refractivity contribution is 5.97. The van der Waals surface area contributed by atoms with E-state index in [9.17, 15) is 9.59 Å². The van der Waals surface area contributed by atoms with Crippen molar-refractivity contribution in [3.8, 4) is 11.3 Å². The third-order valence-electron chi connectivity index (χ3n) is 4.67. The first-order valence-electron chi connectivity index (χ1n) is 9.87. The average Bonchev–Trinajstić information content (AvgIpc) is 3.48. The molecule has 0 aliphatic carbocycles.